The van der Waals surface area contributed by atoms with Crippen molar-refractivity contribution in [2.75, 3.05) is 25.4 Å². The summed E-state index contributed by atoms with van der Waals surface area (Å²) in [4.78, 5) is 14.2. The number of nitrogens with zero attached hydrogens (tertiary/aromatic N) is 1. The van der Waals surface area contributed by atoms with Crippen molar-refractivity contribution in [1.29, 1.82) is 0 Å². The predicted molar refractivity (Wildman–Crippen MR) is 66.5 cm³/mol. The summed E-state index contributed by atoms with van der Waals surface area (Å²) in [6.45, 7) is 1.89. The van der Waals surface area contributed by atoms with E-state index in [4.69, 9.17) is 5.11 Å². The highest BCUT2D eigenvalue weighted by Gasteiger charge is 2.29. The van der Waals surface area contributed by atoms with Gasteiger partial charge in [0, 0.05) is 19.7 Å². The van der Waals surface area contributed by atoms with Gasteiger partial charge in [-0.3, -0.25) is 4.79 Å². The maximum atomic E-state index is 12.2. The highest BCUT2D eigenvalue weighted by molar-refractivity contribution is 8.00. The Kier molecular flexibility index (Phi) is 4.53. The van der Waals surface area contributed by atoms with Gasteiger partial charge in [-0.1, -0.05) is 6.42 Å². The number of carbonyl (C=O) groups excluding carboxylic acids is 1. The zero-order valence-corrected chi connectivity index (χ0v) is 10.5. The van der Waals surface area contributed by atoms with Gasteiger partial charge in [-0.05, 0) is 37.4 Å². The number of thioether (sulfide) groups is 1. The van der Waals surface area contributed by atoms with Gasteiger partial charge in [-0.2, -0.15) is 0 Å². The maximum absolute atomic E-state index is 12.2. The first-order chi connectivity index (χ1) is 7.81. The molecule has 2 rings (SSSR count). The first-order valence-electron chi connectivity index (χ1n) is 6.32. The molecule has 0 radical (unpaired) electrons. The van der Waals surface area contributed by atoms with Crippen LogP contribution in [-0.2, 0) is 4.79 Å². The molecule has 0 bridgehead atoms. The Morgan fingerprint density at radius 1 is 1.31 bits per heavy atom. The second-order valence-corrected chi connectivity index (χ2v) is 6.14. The molecule has 16 heavy (non-hydrogen) atoms. The number of rotatable bonds is 2. The lowest BCUT2D eigenvalue weighted by Crippen LogP contribution is -2.45. The molecule has 4 heteroatoms. The Morgan fingerprint density at radius 3 is 2.88 bits per heavy atom. The summed E-state index contributed by atoms with van der Waals surface area (Å²) in [7, 11) is 0. The van der Waals surface area contributed by atoms with Crippen molar-refractivity contribution < 1.29 is 9.90 Å². The van der Waals surface area contributed by atoms with Gasteiger partial charge in [0.05, 0.1) is 5.25 Å². The lowest BCUT2D eigenvalue weighted by atomic mass is 9.98. The number of amides is 1. The fourth-order valence-electron chi connectivity index (χ4n) is 2.55. The molecule has 1 amide bonds. The molecule has 2 saturated heterocycles. The summed E-state index contributed by atoms with van der Waals surface area (Å²) in [5, 5.41) is 9.36. The van der Waals surface area contributed by atoms with Gasteiger partial charge in [0.25, 0.3) is 0 Å². The minimum Gasteiger partial charge on any atom is -0.396 e. The van der Waals surface area contributed by atoms with Gasteiger partial charge in [-0.25, -0.2) is 0 Å². The fourth-order valence-corrected chi connectivity index (χ4v) is 3.83. The first kappa shape index (κ1) is 12.2. The van der Waals surface area contributed by atoms with E-state index in [0.717, 1.165) is 38.1 Å². The van der Waals surface area contributed by atoms with Crippen LogP contribution in [-0.4, -0.2) is 46.6 Å². The average Bonchev–Trinajstić information content (AvgIpc) is 2.39. The molecule has 0 aliphatic carbocycles. The molecular weight excluding hydrogens is 222 g/mol. The van der Waals surface area contributed by atoms with E-state index in [0.29, 0.717) is 11.8 Å². The monoisotopic (exact) mass is 243 g/mol. The van der Waals surface area contributed by atoms with Crippen LogP contribution in [0.15, 0.2) is 0 Å². The maximum Gasteiger partial charge on any atom is 0.235 e. The van der Waals surface area contributed by atoms with Crippen LogP contribution in [0.25, 0.3) is 0 Å². The molecule has 3 nitrogen and oxygen atoms in total. The molecule has 0 aromatic carbocycles. The molecule has 92 valence electrons. The Hall–Kier alpha value is -0.220. The van der Waals surface area contributed by atoms with Crippen LogP contribution in [0.4, 0.5) is 0 Å². The van der Waals surface area contributed by atoms with Crippen LogP contribution in [0.1, 0.15) is 32.1 Å². The molecule has 1 N–H and O–H groups in total. The molecule has 0 spiro atoms. The molecule has 2 atom stereocenters. The molecule has 0 aromatic heterocycles. The number of likely N-dealkylation sites (tertiary alicyclic amines) is 1. The van der Waals surface area contributed by atoms with Crippen molar-refractivity contribution in [3.63, 3.8) is 0 Å². The highest BCUT2D eigenvalue weighted by atomic mass is 32.2. The van der Waals surface area contributed by atoms with E-state index >= 15 is 0 Å². The van der Waals surface area contributed by atoms with Crippen LogP contribution < -0.4 is 0 Å². The minimum absolute atomic E-state index is 0.200. The number of piperidine rings is 1. The molecule has 0 aromatic rings. The fraction of sp³-hybridized carbons (Fsp3) is 0.917. The van der Waals surface area contributed by atoms with E-state index in [1.54, 1.807) is 0 Å². The molecule has 2 aliphatic rings. The number of aliphatic hydroxyl groups excluding tert-OH is 1. The van der Waals surface area contributed by atoms with E-state index in [1.807, 2.05) is 16.7 Å². The lowest BCUT2D eigenvalue weighted by Gasteiger charge is -2.35. The van der Waals surface area contributed by atoms with E-state index < -0.39 is 0 Å². The second-order valence-electron chi connectivity index (χ2n) is 4.83. The zero-order chi connectivity index (χ0) is 11.4. The summed E-state index contributed by atoms with van der Waals surface area (Å²) >= 11 is 1.82. The van der Waals surface area contributed by atoms with E-state index in [1.165, 1.54) is 12.8 Å². The Bertz CT molecular complexity index is 241. The van der Waals surface area contributed by atoms with Gasteiger partial charge >= 0.3 is 0 Å². The Labute approximate surface area is 102 Å². The summed E-state index contributed by atoms with van der Waals surface area (Å²) in [6, 6.07) is 0. The van der Waals surface area contributed by atoms with Gasteiger partial charge in [0.15, 0.2) is 0 Å². The third-order valence-corrected chi connectivity index (χ3v) is 4.91. The predicted octanol–water partition coefficient (Wildman–Crippen LogP) is 1.50. The Morgan fingerprint density at radius 2 is 2.19 bits per heavy atom. The van der Waals surface area contributed by atoms with Crippen LogP contribution in [0.2, 0.25) is 0 Å². The molecular formula is C12H21NO2S. The van der Waals surface area contributed by atoms with Crippen LogP contribution in [0.5, 0.6) is 0 Å². The van der Waals surface area contributed by atoms with Gasteiger partial charge < -0.3 is 10.0 Å². The van der Waals surface area contributed by atoms with Crippen LogP contribution in [0, 0.1) is 5.92 Å². The third kappa shape index (κ3) is 2.92. The molecule has 2 fully saturated rings. The number of hydrogen-bond acceptors (Lipinski definition) is 3. The molecule has 0 saturated carbocycles. The quantitative estimate of drug-likeness (QED) is 0.799. The van der Waals surface area contributed by atoms with Crippen LogP contribution in [0.3, 0.4) is 0 Å². The van der Waals surface area contributed by atoms with E-state index in [2.05, 4.69) is 0 Å². The summed E-state index contributed by atoms with van der Waals surface area (Å²) in [5.41, 5.74) is 0. The van der Waals surface area contributed by atoms with Gasteiger partial charge in [0.2, 0.25) is 5.91 Å². The van der Waals surface area contributed by atoms with Crippen molar-refractivity contribution in [2.45, 2.75) is 37.4 Å². The van der Waals surface area contributed by atoms with Crippen molar-refractivity contribution in [3.8, 4) is 0 Å². The summed E-state index contributed by atoms with van der Waals surface area (Å²) in [5.74, 6) is 1.77. The highest BCUT2D eigenvalue weighted by Crippen LogP contribution is 2.28. The smallest absolute Gasteiger partial charge is 0.235 e. The number of hydrogen-bond donors (Lipinski definition) is 1. The number of aliphatic hydroxyl groups is 1. The van der Waals surface area contributed by atoms with Crippen molar-refractivity contribution >= 4 is 17.7 Å². The van der Waals surface area contributed by atoms with E-state index in [9.17, 15) is 4.79 Å². The van der Waals surface area contributed by atoms with Crippen molar-refractivity contribution in [2.24, 2.45) is 5.92 Å². The lowest BCUT2D eigenvalue weighted by molar-refractivity contribution is -0.132. The van der Waals surface area contributed by atoms with E-state index in [-0.39, 0.29) is 11.9 Å². The van der Waals surface area contributed by atoms with Crippen molar-refractivity contribution in [3.05, 3.63) is 0 Å². The first-order valence-corrected chi connectivity index (χ1v) is 7.37. The largest absolute Gasteiger partial charge is 0.396 e. The Balaban J connectivity index is 1.87. The summed E-state index contributed by atoms with van der Waals surface area (Å²) in [6.07, 6.45) is 5.62. The van der Waals surface area contributed by atoms with Crippen LogP contribution >= 0.6 is 11.8 Å². The van der Waals surface area contributed by atoms with Gasteiger partial charge in [0.1, 0.15) is 0 Å². The SMILES string of the molecule is O=C(C1CCCCS1)N1CCCC(CO)C1. The van der Waals surface area contributed by atoms with Gasteiger partial charge in [-0.15, -0.1) is 11.8 Å². The zero-order valence-electron chi connectivity index (χ0n) is 9.73. The minimum atomic E-state index is 0.200. The summed E-state index contributed by atoms with van der Waals surface area (Å²) < 4.78 is 0. The second kappa shape index (κ2) is 5.92. The van der Waals surface area contributed by atoms with Crippen molar-refractivity contribution in [1.82, 2.24) is 4.90 Å². The normalized spacial score (nSPS) is 31.4. The molecule has 2 heterocycles. The third-order valence-electron chi connectivity index (χ3n) is 3.54. The molecule has 2 unspecified atom stereocenters. The average molecular weight is 243 g/mol. The standard InChI is InChI=1S/C12H21NO2S/c14-9-10-4-3-6-13(8-10)12(15)11-5-1-2-7-16-11/h10-11,14H,1-9H2. The molecule has 2 aliphatic heterocycles. The topological polar surface area (TPSA) is 40.5 Å². The number of carbonyl (C=O) groups is 1.